The molecule has 0 aliphatic rings. The summed E-state index contributed by atoms with van der Waals surface area (Å²) in [7, 11) is 0. The van der Waals surface area contributed by atoms with E-state index in [1.165, 1.54) is 6.33 Å². The maximum atomic E-state index is 12.1. The zero-order valence-electron chi connectivity index (χ0n) is 16.1. The minimum atomic E-state index is -0.150. The third-order valence-electron chi connectivity index (χ3n) is 3.93. The minimum Gasteiger partial charge on any atom is -0.339 e. The van der Waals surface area contributed by atoms with Crippen LogP contribution in [0.1, 0.15) is 25.2 Å². The van der Waals surface area contributed by atoms with E-state index >= 15 is 0 Å². The molecule has 142 valence electrons. The zero-order chi connectivity index (χ0) is 19.9. The van der Waals surface area contributed by atoms with Gasteiger partial charge in [0.2, 0.25) is 5.91 Å². The lowest BCUT2D eigenvalue weighted by Gasteiger charge is -2.06. The van der Waals surface area contributed by atoms with Crippen molar-refractivity contribution < 1.29 is 4.79 Å². The van der Waals surface area contributed by atoms with Gasteiger partial charge in [0, 0.05) is 35.4 Å². The smallest absolute Gasteiger partial charge is 0.232 e. The normalized spacial score (nSPS) is 10.2. The van der Waals surface area contributed by atoms with Gasteiger partial charge >= 0.3 is 0 Å². The van der Waals surface area contributed by atoms with Crippen LogP contribution < -0.4 is 5.32 Å². The summed E-state index contributed by atoms with van der Waals surface area (Å²) in [5.74, 6) is 0.353. The van der Waals surface area contributed by atoms with Crippen LogP contribution in [0, 0.1) is 6.92 Å². The highest BCUT2D eigenvalue weighted by atomic mass is 16.1. The molecule has 0 bridgehead atoms. The fraction of sp³-hybridized carbons (Fsp3) is 0.190. The minimum absolute atomic E-state index is 0.142. The molecule has 3 aromatic heterocycles. The lowest BCUT2D eigenvalue weighted by Crippen LogP contribution is -2.16. The number of nitrogens with zero attached hydrogens (tertiary/aromatic N) is 4. The number of rotatable bonds is 4. The third-order valence-corrected chi connectivity index (χ3v) is 3.93. The van der Waals surface area contributed by atoms with E-state index in [1.54, 1.807) is 18.6 Å². The van der Waals surface area contributed by atoms with Gasteiger partial charge < -0.3 is 10.3 Å². The number of aromatic amines is 1. The Morgan fingerprint density at radius 3 is 2.43 bits per heavy atom. The van der Waals surface area contributed by atoms with Gasteiger partial charge in [0.25, 0.3) is 0 Å². The first-order valence-electron chi connectivity index (χ1n) is 9.14. The third kappa shape index (κ3) is 4.56. The van der Waals surface area contributed by atoms with Crippen molar-refractivity contribution in [3.63, 3.8) is 0 Å². The Morgan fingerprint density at radius 1 is 1.04 bits per heavy atom. The van der Waals surface area contributed by atoms with Crippen LogP contribution in [-0.4, -0.2) is 30.8 Å². The number of carbonyl (C=O) groups excluding carboxylic acids is 1. The van der Waals surface area contributed by atoms with Crippen molar-refractivity contribution in [2.75, 3.05) is 5.32 Å². The molecular weight excluding hydrogens is 352 g/mol. The highest BCUT2D eigenvalue weighted by Gasteiger charge is 2.08. The molecule has 0 radical (unpaired) electrons. The summed E-state index contributed by atoms with van der Waals surface area (Å²) in [5.41, 5.74) is 4.44. The summed E-state index contributed by atoms with van der Waals surface area (Å²) in [6, 6.07) is 9.60. The van der Waals surface area contributed by atoms with Crippen molar-refractivity contribution in [2.45, 2.75) is 27.2 Å². The first-order chi connectivity index (χ1) is 13.7. The number of carbonyl (C=O) groups is 1. The summed E-state index contributed by atoms with van der Waals surface area (Å²) >= 11 is 0. The number of H-pyrrole nitrogens is 1. The summed E-state index contributed by atoms with van der Waals surface area (Å²) in [6.07, 6.45) is 6.83. The second-order valence-electron chi connectivity index (χ2n) is 5.99. The molecule has 0 aliphatic heterocycles. The Kier molecular flexibility index (Phi) is 6.06. The predicted octanol–water partition coefficient (Wildman–Crippen LogP) is 3.93. The van der Waals surface area contributed by atoms with Gasteiger partial charge in [0.1, 0.15) is 17.8 Å². The predicted molar refractivity (Wildman–Crippen MR) is 110 cm³/mol. The molecule has 1 amide bonds. The number of amides is 1. The largest absolute Gasteiger partial charge is 0.339 e. The lowest BCUT2D eigenvalue weighted by molar-refractivity contribution is -0.115. The number of hydrogen-bond donors (Lipinski definition) is 2. The number of benzene rings is 1. The number of anilines is 1. The van der Waals surface area contributed by atoms with Gasteiger partial charge in [-0.3, -0.25) is 4.79 Å². The standard InChI is InChI=1S/C19H16N6O.C2H6/c1-12-8-21-17(22-9-12)7-18(26)24-15-4-2-13(3-5-15)16-6-14-10-20-11-23-19(14)25-16;1-2/h2-6,8-11H,7H2,1H3,(H,24,26)(H,20,23,25);1-2H3. The molecule has 0 saturated carbocycles. The Hall–Kier alpha value is -3.61. The first-order valence-corrected chi connectivity index (χ1v) is 9.14. The number of aryl methyl sites for hydroxylation is 1. The van der Waals surface area contributed by atoms with Crippen LogP contribution in [0.25, 0.3) is 22.3 Å². The molecule has 3 heterocycles. The fourth-order valence-electron chi connectivity index (χ4n) is 2.62. The van der Waals surface area contributed by atoms with E-state index in [0.717, 1.165) is 33.5 Å². The van der Waals surface area contributed by atoms with Crippen LogP contribution in [0.2, 0.25) is 0 Å². The molecule has 0 saturated heterocycles. The van der Waals surface area contributed by atoms with Gasteiger partial charge in [-0.05, 0) is 36.2 Å². The summed E-state index contributed by atoms with van der Waals surface area (Å²) in [4.78, 5) is 31.9. The van der Waals surface area contributed by atoms with Gasteiger partial charge in [-0.1, -0.05) is 26.0 Å². The molecule has 0 aliphatic carbocycles. The van der Waals surface area contributed by atoms with Crippen LogP contribution in [0.3, 0.4) is 0 Å². The van der Waals surface area contributed by atoms with E-state index < -0.39 is 0 Å². The fourth-order valence-corrected chi connectivity index (χ4v) is 2.62. The van der Waals surface area contributed by atoms with Gasteiger partial charge in [-0.25, -0.2) is 19.9 Å². The van der Waals surface area contributed by atoms with E-state index in [1.807, 2.05) is 51.1 Å². The molecule has 0 atom stereocenters. The number of aromatic nitrogens is 5. The maximum Gasteiger partial charge on any atom is 0.232 e. The van der Waals surface area contributed by atoms with Crippen molar-refractivity contribution in [3.8, 4) is 11.3 Å². The van der Waals surface area contributed by atoms with Crippen molar-refractivity contribution >= 4 is 22.6 Å². The second kappa shape index (κ2) is 8.85. The van der Waals surface area contributed by atoms with Crippen molar-refractivity contribution in [1.82, 2.24) is 24.9 Å². The monoisotopic (exact) mass is 374 g/mol. The van der Waals surface area contributed by atoms with E-state index in [0.29, 0.717) is 5.82 Å². The Labute approximate surface area is 163 Å². The summed E-state index contributed by atoms with van der Waals surface area (Å²) in [5, 5.41) is 3.82. The van der Waals surface area contributed by atoms with Crippen molar-refractivity contribution in [2.24, 2.45) is 0 Å². The number of fused-ring (bicyclic) bond motifs is 1. The van der Waals surface area contributed by atoms with Gasteiger partial charge in [0.15, 0.2) is 0 Å². The molecule has 28 heavy (non-hydrogen) atoms. The number of hydrogen-bond acceptors (Lipinski definition) is 5. The van der Waals surface area contributed by atoms with Crippen LogP contribution >= 0.6 is 0 Å². The average molecular weight is 374 g/mol. The molecule has 0 spiro atoms. The quantitative estimate of drug-likeness (QED) is 0.564. The molecule has 7 nitrogen and oxygen atoms in total. The molecular formula is C21H22N6O. The summed E-state index contributed by atoms with van der Waals surface area (Å²) < 4.78 is 0. The van der Waals surface area contributed by atoms with Gasteiger partial charge in [0.05, 0.1) is 6.42 Å². The molecule has 1 aromatic carbocycles. The highest BCUT2D eigenvalue weighted by Crippen LogP contribution is 2.23. The molecule has 7 heteroatoms. The Bertz CT molecular complexity index is 1020. The van der Waals surface area contributed by atoms with E-state index in [2.05, 4.69) is 30.2 Å². The van der Waals surface area contributed by atoms with Crippen molar-refractivity contribution in [1.29, 1.82) is 0 Å². The van der Waals surface area contributed by atoms with Crippen molar-refractivity contribution in [3.05, 3.63) is 66.6 Å². The lowest BCUT2D eigenvalue weighted by atomic mass is 10.1. The van der Waals surface area contributed by atoms with Gasteiger partial charge in [-0.15, -0.1) is 0 Å². The topological polar surface area (TPSA) is 96.5 Å². The Balaban J connectivity index is 0.00000109. The van der Waals surface area contributed by atoms with E-state index in [4.69, 9.17) is 0 Å². The van der Waals surface area contributed by atoms with E-state index in [9.17, 15) is 4.79 Å². The molecule has 4 rings (SSSR count). The second-order valence-corrected chi connectivity index (χ2v) is 5.99. The molecule has 0 fully saturated rings. The maximum absolute atomic E-state index is 12.1. The zero-order valence-corrected chi connectivity index (χ0v) is 16.1. The molecule has 2 N–H and O–H groups in total. The molecule has 4 aromatic rings. The summed E-state index contributed by atoms with van der Waals surface area (Å²) in [6.45, 7) is 5.91. The SMILES string of the molecule is CC.Cc1cnc(CC(=O)Nc2ccc(-c3cc4cncnc4[nH]3)cc2)nc1. The van der Waals surface area contributed by atoms with Crippen LogP contribution in [0.15, 0.2) is 55.2 Å². The van der Waals surface area contributed by atoms with Crippen LogP contribution in [0.5, 0.6) is 0 Å². The number of nitrogens with one attached hydrogen (secondary N) is 2. The molecule has 0 unspecified atom stereocenters. The van der Waals surface area contributed by atoms with E-state index in [-0.39, 0.29) is 12.3 Å². The average Bonchev–Trinajstić information content (AvgIpc) is 3.16. The Morgan fingerprint density at radius 2 is 1.75 bits per heavy atom. The van der Waals surface area contributed by atoms with Crippen LogP contribution in [0.4, 0.5) is 5.69 Å². The first kappa shape index (κ1) is 19.2. The van der Waals surface area contributed by atoms with Gasteiger partial charge in [-0.2, -0.15) is 0 Å². The highest BCUT2D eigenvalue weighted by molar-refractivity contribution is 5.92. The van der Waals surface area contributed by atoms with Crippen LogP contribution in [-0.2, 0) is 11.2 Å².